The Labute approximate surface area is 148 Å². The number of carbonyl (C=O) groups is 2. The van der Waals surface area contributed by atoms with E-state index in [1.165, 1.54) is 30.1 Å². The Kier molecular flexibility index (Phi) is 5.35. The van der Waals surface area contributed by atoms with Crippen molar-refractivity contribution in [3.63, 3.8) is 0 Å². The van der Waals surface area contributed by atoms with Gasteiger partial charge in [-0.25, -0.2) is 4.39 Å². The predicted molar refractivity (Wildman–Crippen MR) is 96.3 cm³/mol. The molecular formula is C18H14FN3O2S. The fourth-order valence-electron chi connectivity index (χ4n) is 2.19. The summed E-state index contributed by atoms with van der Waals surface area (Å²) in [5, 5.41) is 10.2. The first kappa shape index (κ1) is 17.0. The second kappa shape index (κ2) is 7.85. The summed E-state index contributed by atoms with van der Waals surface area (Å²) >= 11 is 1.17. The first-order valence-electron chi connectivity index (χ1n) is 7.54. The lowest BCUT2D eigenvalue weighted by molar-refractivity contribution is -0.118. The maximum atomic E-state index is 12.8. The molecule has 1 aliphatic heterocycles. The minimum atomic E-state index is -0.521. The fourth-order valence-corrected chi connectivity index (χ4v) is 3.12. The Hall–Kier alpha value is -2.80. The summed E-state index contributed by atoms with van der Waals surface area (Å²) in [6.45, 7) is 0. The van der Waals surface area contributed by atoms with Crippen molar-refractivity contribution >= 4 is 34.8 Å². The van der Waals surface area contributed by atoms with Crippen LogP contribution in [0.2, 0.25) is 0 Å². The average molecular weight is 355 g/mol. The highest BCUT2D eigenvalue weighted by molar-refractivity contribution is 8.15. The molecule has 1 amide bonds. The Morgan fingerprint density at radius 3 is 2.60 bits per heavy atom. The molecule has 0 bridgehead atoms. The van der Waals surface area contributed by atoms with Crippen molar-refractivity contribution in [3.8, 4) is 0 Å². The summed E-state index contributed by atoms with van der Waals surface area (Å²) in [5.41, 5.74) is 1.27. The molecule has 5 nitrogen and oxygen atoms in total. The minimum absolute atomic E-state index is 0.0932. The van der Waals surface area contributed by atoms with E-state index in [4.69, 9.17) is 0 Å². The lowest BCUT2D eigenvalue weighted by atomic mass is 10.1. The number of thioether (sulfide) groups is 1. The first-order valence-corrected chi connectivity index (χ1v) is 8.42. The van der Waals surface area contributed by atoms with E-state index >= 15 is 0 Å². The summed E-state index contributed by atoms with van der Waals surface area (Å²) in [4.78, 5) is 24.1. The van der Waals surface area contributed by atoms with Crippen molar-refractivity contribution in [3.05, 3.63) is 71.5 Å². The molecule has 126 valence electrons. The second-order valence-electron chi connectivity index (χ2n) is 5.29. The van der Waals surface area contributed by atoms with Crippen LogP contribution >= 0.6 is 11.8 Å². The zero-order valence-corrected chi connectivity index (χ0v) is 13.9. The van der Waals surface area contributed by atoms with Crippen LogP contribution in [-0.4, -0.2) is 28.3 Å². The average Bonchev–Trinajstić information content (AvgIpc) is 2.97. The van der Waals surface area contributed by atoms with Crippen LogP contribution in [0.25, 0.3) is 0 Å². The Balaban J connectivity index is 1.60. The highest BCUT2D eigenvalue weighted by Gasteiger charge is 2.32. The van der Waals surface area contributed by atoms with Crippen LogP contribution in [0.1, 0.15) is 22.3 Å². The molecule has 2 aromatic rings. The van der Waals surface area contributed by atoms with Gasteiger partial charge in [-0.15, -0.1) is 5.10 Å². The highest BCUT2D eigenvalue weighted by Crippen LogP contribution is 2.24. The van der Waals surface area contributed by atoms with Crippen molar-refractivity contribution in [1.29, 1.82) is 0 Å². The van der Waals surface area contributed by atoms with Gasteiger partial charge in [0.15, 0.2) is 11.0 Å². The first-order chi connectivity index (χ1) is 12.1. The van der Waals surface area contributed by atoms with Gasteiger partial charge in [-0.05, 0) is 17.7 Å². The van der Waals surface area contributed by atoms with E-state index in [9.17, 15) is 14.0 Å². The molecule has 7 heteroatoms. The summed E-state index contributed by atoms with van der Waals surface area (Å²) in [6.07, 6.45) is 1.56. The third-order valence-electron chi connectivity index (χ3n) is 3.47. The van der Waals surface area contributed by atoms with Gasteiger partial charge in [0.25, 0.3) is 0 Å². The Morgan fingerprint density at radius 2 is 1.88 bits per heavy atom. The molecule has 1 heterocycles. The summed E-state index contributed by atoms with van der Waals surface area (Å²) in [7, 11) is 0. The van der Waals surface area contributed by atoms with Crippen LogP contribution in [0.3, 0.4) is 0 Å². The quantitative estimate of drug-likeness (QED) is 0.509. The van der Waals surface area contributed by atoms with Gasteiger partial charge in [-0.2, -0.15) is 5.10 Å². The van der Waals surface area contributed by atoms with Crippen LogP contribution in [0.15, 0.2) is 64.8 Å². The van der Waals surface area contributed by atoms with Crippen LogP contribution in [0, 0.1) is 5.82 Å². The number of hydrogen-bond donors (Lipinski definition) is 1. The van der Waals surface area contributed by atoms with Crippen LogP contribution in [-0.2, 0) is 4.79 Å². The lowest BCUT2D eigenvalue weighted by Crippen LogP contribution is -2.26. The van der Waals surface area contributed by atoms with Gasteiger partial charge in [-0.1, -0.05) is 54.2 Å². The minimum Gasteiger partial charge on any atom is -0.303 e. The molecule has 1 unspecified atom stereocenters. The number of hydrogen-bond acceptors (Lipinski definition) is 5. The number of halogens is 1. The highest BCUT2D eigenvalue weighted by atomic mass is 32.2. The topological polar surface area (TPSA) is 70.9 Å². The van der Waals surface area contributed by atoms with Gasteiger partial charge < -0.3 is 5.32 Å². The van der Waals surface area contributed by atoms with Crippen molar-refractivity contribution in [2.45, 2.75) is 11.7 Å². The number of nitrogens with one attached hydrogen (secondary N) is 1. The molecule has 0 saturated carbocycles. The van der Waals surface area contributed by atoms with Gasteiger partial charge in [0.2, 0.25) is 5.91 Å². The van der Waals surface area contributed by atoms with Gasteiger partial charge in [0.05, 0.1) is 11.5 Å². The standard InChI is InChI=1S/C18H14FN3O2S/c19-14-8-6-12(7-9-14)11-20-22-18-21-17(24)16(25-18)10-15(23)13-4-2-1-3-5-13/h1-9,11,16H,10H2,(H,21,22,24)/b20-11+. The van der Waals surface area contributed by atoms with E-state index in [1.807, 2.05) is 6.07 Å². The van der Waals surface area contributed by atoms with Crippen molar-refractivity contribution in [2.75, 3.05) is 0 Å². The van der Waals surface area contributed by atoms with Crippen LogP contribution < -0.4 is 5.32 Å². The number of rotatable bonds is 5. The summed E-state index contributed by atoms with van der Waals surface area (Å²) in [5.74, 6) is -0.678. The Morgan fingerprint density at radius 1 is 1.16 bits per heavy atom. The van der Waals surface area contributed by atoms with Crippen LogP contribution in [0.4, 0.5) is 4.39 Å². The number of benzene rings is 2. The third-order valence-corrected chi connectivity index (χ3v) is 4.54. The molecule has 1 aliphatic rings. The van der Waals surface area contributed by atoms with Gasteiger partial charge in [0.1, 0.15) is 5.82 Å². The van der Waals surface area contributed by atoms with Crippen molar-refractivity contribution in [2.24, 2.45) is 10.2 Å². The molecule has 0 aromatic heterocycles. The number of ketones is 1. The fraction of sp³-hybridized carbons (Fsp3) is 0.111. The van der Waals surface area contributed by atoms with E-state index in [0.717, 1.165) is 0 Å². The van der Waals surface area contributed by atoms with E-state index in [0.29, 0.717) is 16.3 Å². The molecule has 1 atom stereocenters. The van der Waals surface area contributed by atoms with Gasteiger partial charge in [-0.3, -0.25) is 9.59 Å². The molecule has 0 aliphatic carbocycles. The molecule has 3 rings (SSSR count). The maximum absolute atomic E-state index is 12.8. The molecule has 1 N–H and O–H groups in total. The number of carbonyl (C=O) groups excluding carboxylic acids is 2. The zero-order chi connectivity index (χ0) is 17.6. The summed E-state index contributed by atoms with van der Waals surface area (Å²) in [6, 6.07) is 14.6. The maximum Gasteiger partial charge on any atom is 0.240 e. The van der Waals surface area contributed by atoms with E-state index in [1.54, 1.807) is 36.4 Å². The molecule has 1 fully saturated rings. The molecule has 25 heavy (non-hydrogen) atoms. The molecule has 0 radical (unpaired) electrons. The molecular weight excluding hydrogens is 341 g/mol. The van der Waals surface area contributed by atoms with Gasteiger partial charge in [0, 0.05) is 12.0 Å². The molecule has 1 saturated heterocycles. The SMILES string of the molecule is O=C(CC1S/C(=N/N=C/c2ccc(F)cc2)NC1=O)c1ccccc1. The molecule has 0 spiro atoms. The van der Waals surface area contributed by atoms with Gasteiger partial charge >= 0.3 is 0 Å². The van der Waals surface area contributed by atoms with Crippen LogP contribution in [0.5, 0.6) is 0 Å². The van der Waals surface area contributed by atoms with E-state index in [2.05, 4.69) is 15.5 Å². The predicted octanol–water partition coefficient (Wildman–Crippen LogP) is 3.02. The summed E-state index contributed by atoms with van der Waals surface area (Å²) < 4.78 is 12.8. The monoisotopic (exact) mass is 355 g/mol. The normalized spacial score (nSPS) is 18.7. The third kappa shape index (κ3) is 4.60. The number of nitrogens with zero attached hydrogens (tertiary/aromatic N) is 2. The Bertz CT molecular complexity index is 835. The lowest BCUT2D eigenvalue weighted by Gasteiger charge is -2.04. The number of amides is 1. The second-order valence-corrected chi connectivity index (χ2v) is 6.48. The zero-order valence-electron chi connectivity index (χ0n) is 13.1. The van der Waals surface area contributed by atoms with Crippen molar-refractivity contribution in [1.82, 2.24) is 5.32 Å². The molecule has 2 aromatic carbocycles. The van der Waals surface area contributed by atoms with Crippen molar-refractivity contribution < 1.29 is 14.0 Å². The largest absolute Gasteiger partial charge is 0.303 e. The van der Waals surface area contributed by atoms with E-state index < -0.39 is 5.25 Å². The number of amidine groups is 1. The van der Waals surface area contributed by atoms with E-state index in [-0.39, 0.29) is 23.9 Å². The number of Topliss-reactive ketones (excluding diaryl/α,β-unsaturated/α-hetero) is 1. The smallest absolute Gasteiger partial charge is 0.240 e.